The first-order chi connectivity index (χ1) is 8.90. The molecule has 6 nitrogen and oxygen atoms in total. The summed E-state index contributed by atoms with van der Waals surface area (Å²) in [5, 5.41) is 20.2. The Hall–Kier alpha value is -1.60. The molecule has 1 amide bonds. The summed E-state index contributed by atoms with van der Waals surface area (Å²) >= 11 is 3.26. The van der Waals surface area contributed by atoms with Gasteiger partial charge in [-0.25, -0.2) is 4.79 Å². The summed E-state index contributed by atoms with van der Waals surface area (Å²) in [4.78, 5) is 22.3. The number of carboxylic acids is 1. The number of carbonyl (C=O) groups is 2. The van der Waals surface area contributed by atoms with E-state index in [0.29, 0.717) is 5.75 Å². The minimum atomic E-state index is -1.35. The lowest BCUT2D eigenvalue weighted by Gasteiger charge is -2.17. The molecule has 0 fully saturated rings. The zero-order valence-electron chi connectivity index (χ0n) is 10.2. The number of aliphatic hydroxyl groups is 1. The highest BCUT2D eigenvalue weighted by Gasteiger charge is 2.24. The van der Waals surface area contributed by atoms with Gasteiger partial charge in [-0.3, -0.25) is 4.79 Å². The van der Waals surface area contributed by atoms with Gasteiger partial charge in [-0.15, -0.1) is 0 Å². The minimum Gasteiger partial charge on any atom is -0.484 e. The van der Waals surface area contributed by atoms with Crippen molar-refractivity contribution in [3.05, 3.63) is 28.7 Å². The average molecular weight is 332 g/mol. The second-order valence-electron chi connectivity index (χ2n) is 3.87. The Morgan fingerprint density at radius 3 is 2.68 bits per heavy atom. The number of aliphatic hydroxyl groups excluding tert-OH is 1. The van der Waals surface area contributed by atoms with E-state index in [4.69, 9.17) is 9.84 Å². The number of rotatable bonds is 6. The maximum Gasteiger partial charge on any atom is 0.328 e. The highest BCUT2D eigenvalue weighted by Crippen LogP contribution is 2.17. The molecule has 0 spiro atoms. The molecule has 19 heavy (non-hydrogen) atoms. The molecule has 0 aliphatic heterocycles. The Bertz CT molecular complexity index is 463. The van der Waals surface area contributed by atoms with Crippen LogP contribution in [0.25, 0.3) is 0 Å². The Kier molecular flexibility index (Phi) is 5.78. The van der Waals surface area contributed by atoms with Crippen LogP contribution in [0.5, 0.6) is 5.75 Å². The van der Waals surface area contributed by atoms with Crippen LogP contribution in [0.2, 0.25) is 0 Å². The quantitative estimate of drug-likeness (QED) is 0.715. The molecular formula is C12H14BrNO5. The molecule has 0 bridgehead atoms. The van der Waals surface area contributed by atoms with Crippen molar-refractivity contribution in [1.82, 2.24) is 5.32 Å². The van der Waals surface area contributed by atoms with E-state index < -0.39 is 24.0 Å². The van der Waals surface area contributed by atoms with Gasteiger partial charge in [-0.05, 0) is 25.1 Å². The number of benzene rings is 1. The first kappa shape index (κ1) is 15.5. The molecule has 0 saturated heterocycles. The molecule has 0 saturated carbocycles. The highest BCUT2D eigenvalue weighted by atomic mass is 79.9. The number of ether oxygens (including phenoxy) is 1. The Balaban J connectivity index is 2.49. The van der Waals surface area contributed by atoms with Crippen molar-refractivity contribution in [2.24, 2.45) is 0 Å². The molecule has 3 N–H and O–H groups in total. The molecular weight excluding hydrogens is 318 g/mol. The fourth-order valence-electron chi connectivity index (χ4n) is 1.31. The van der Waals surface area contributed by atoms with Crippen LogP contribution in [-0.2, 0) is 9.59 Å². The van der Waals surface area contributed by atoms with E-state index in [1.165, 1.54) is 6.92 Å². The normalized spacial score (nSPS) is 13.4. The minimum absolute atomic E-state index is 0.326. The number of carbonyl (C=O) groups excluding carboxylic acids is 1. The van der Waals surface area contributed by atoms with Crippen molar-refractivity contribution < 1.29 is 24.5 Å². The van der Waals surface area contributed by atoms with Crippen LogP contribution < -0.4 is 10.1 Å². The third-order valence-electron chi connectivity index (χ3n) is 2.23. The summed E-state index contributed by atoms with van der Waals surface area (Å²) in [5.74, 6) is -1.44. The molecule has 104 valence electrons. The van der Waals surface area contributed by atoms with E-state index in [9.17, 15) is 14.7 Å². The first-order valence-electron chi connectivity index (χ1n) is 5.48. The monoisotopic (exact) mass is 331 g/mol. The zero-order valence-corrected chi connectivity index (χ0v) is 11.8. The molecule has 0 aliphatic rings. The van der Waals surface area contributed by atoms with Crippen molar-refractivity contribution in [3.63, 3.8) is 0 Å². The molecule has 0 heterocycles. The van der Waals surface area contributed by atoms with E-state index in [2.05, 4.69) is 21.2 Å². The number of nitrogens with one attached hydrogen (secondary N) is 1. The summed E-state index contributed by atoms with van der Waals surface area (Å²) < 4.78 is 6.00. The fourth-order valence-corrected chi connectivity index (χ4v) is 1.69. The number of carboxylic acid groups (broad SMARTS) is 1. The SMILES string of the molecule is C[C@@H](O)[C@H](NC(=O)COc1cccc(Br)c1)C(=O)O. The maximum absolute atomic E-state index is 11.5. The molecule has 1 aromatic carbocycles. The number of amides is 1. The largest absolute Gasteiger partial charge is 0.484 e. The van der Waals surface area contributed by atoms with E-state index in [0.717, 1.165) is 4.47 Å². The Morgan fingerprint density at radius 2 is 2.16 bits per heavy atom. The van der Waals surface area contributed by atoms with Crippen molar-refractivity contribution in [2.75, 3.05) is 6.61 Å². The Morgan fingerprint density at radius 1 is 1.47 bits per heavy atom. The number of hydrogen-bond acceptors (Lipinski definition) is 4. The molecule has 0 aromatic heterocycles. The first-order valence-corrected chi connectivity index (χ1v) is 6.28. The second kappa shape index (κ2) is 7.10. The van der Waals surface area contributed by atoms with E-state index >= 15 is 0 Å². The van der Waals surface area contributed by atoms with Gasteiger partial charge >= 0.3 is 5.97 Å². The van der Waals surface area contributed by atoms with Crippen molar-refractivity contribution in [1.29, 1.82) is 0 Å². The lowest BCUT2D eigenvalue weighted by Crippen LogP contribution is -2.49. The van der Waals surface area contributed by atoms with Crippen molar-refractivity contribution in [2.45, 2.75) is 19.1 Å². The van der Waals surface area contributed by atoms with E-state index in [1.54, 1.807) is 24.3 Å². The van der Waals surface area contributed by atoms with Gasteiger partial charge < -0.3 is 20.3 Å². The molecule has 1 rings (SSSR count). The number of halogens is 1. The van der Waals surface area contributed by atoms with Gasteiger partial charge in [0.25, 0.3) is 5.91 Å². The van der Waals surface area contributed by atoms with Crippen LogP contribution in [0.3, 0.4) is 0 Å². The topological polar surface area (TPSA) is 95.9 Å². The molecule has 2 atom stereocenters. The van der Waals surface area contributed by atoms with Crippen molar-refractivity contribution in [3.8, 4) is 5.75 Å². The van der Waals surface area contributed by atoms with Gasteiger partial charge in [0.05, 0.1) is 6.10 Å². The molecule has 7 heteroatoms. The second-order valence-corrected chi connectivity index (χ2v) is 4.79. The van der Waals surface area contributed by atoms with Crippen LogP contribution in [-0.4, -0.2) is 40.8 Å². The highest BCUT2D eigenvalue weighted by molar-refractivity contribution is 9.10. The maximum atomic E-state index is 11.5. The predicted molar refractivity (Wildman–Crippen MR) is 70.9 cm³/mol. The smallest absolute Gasteiger partial charge is 0.328 e. The summed E-state index contributed by atoms with van der Waals surface area (Å²) in [6, 6.07) is 5.55. The van der Waals surface area contributed by atoms with Crippen molar-refractivity contribution >= 4 is 27.8 Å². The summed E-state index contributed by atoms with van der Waals surface area (Å²) in [7, 11) is 0. The average Bonchev–Trinajstić information content (AvgIpc) is 2.32. The fraction of sp³-hybridized carbons (Fsp3) is 0.333. The van der Waals surface area contributed by atoms with Crippen LogP contribution >= 0.6 is 15.9 Å². The molecule has 0 unspecified atom stereocenters. The summed E-state index contributed by atoms with van der Waals surface area (Å²) in [5.41, 5.74) is 0. The number of hydrogen-bond donors (Lipinski definition) is 3. The summed E-state index contributed by atoms with van der Waals surface area (Å²) in [6.45, 7) is 0.960. The van der Waals surface area contributed by atoms with Gasteiger partial charge in [0.15, 0.2) is 12.6 Å². The summed E-state index contributed by atoms with van der Waals surface area (Å²) in [6.07, 6.45) is -1.19. The van der Waals surface area contributed by atoms with Gasteiger partial charge in [0.2, 0.25) is 0 Å². The molecule has 1 aromatic rings. The van der Waals surface area contributed by atoms with Gasteiger partial charge in [-0.1, -0.05) is 22.0 Å². The van der Waals surface area contributed by atoms with Crippen LogP contribution in [0, 0.1) is 0 Å². The van der Waals surface area contributed by atoms with Crippen LogP contribution in [0.1, 0.15) is 6.92 Å². The molecule has 0 radical (unpaired) electrons. The van der Waals surface area contributed by atoms with Gasteiger partial charge in [-0.2, -0.15) is 0 Å². The Labute approximate surface area is 118 Å². The van der Waals surface area contributed by atoms with E-state index in [1.807, 2.05) is 0 Å². The number of aliphatic carboxylic acids is 1. The van der Waals surface area contributed by atoms with Crippen LogP contribution in [0.4, 0.5) is 0 Å². The van der Waals surface area contributed by atoms with Crippen LogP contribution in [0.15, 0.2) is 28.7 Å². The third-order valence-corrected chi connectivity index (χ3v) is 2.72. The lowest BCUT2D eigenvalue weighted by atomic mass is 10.2. The van der Waals surface area contributed by atoms with Gasteiger partial charge in [0.1, 0.15) is 5.75 Å². The predicted octanol–water partition coefficient (Wildman–Crippen LogP) is 0.778. The zero-order chi connectivity index (χ0) is 14.4. The van der Waals surface area contributed by atoms with E-state index in [-0.39, 0.29) is 6.61 Å². The van der Waals surface area contributed by atoms with Gasteiger partial charge in [0, 0.05) is 4.47 Å². The molecule has 0 aliphatic carbocycles. The lowest BCUT2D eigenvalue weighted by molar-refractivity contribution is -0.145. The standard InChI is InChI=1S/C12H14BrNO5/c1-7(15)11(12(17)18)14-10(16)6-19-9-4-2-3-8(13)5-9/h2-5,7,11,15H,6H2,1H3,(H,14,16)(H,17,18)/t7-,11+/m1/s1. The third kappa shape index (κ3) is 5.27.